The molecule has 2 heterocycles. The molecule has 1 saturated carbocycles. The minimum Gasteiger partial charge on any atom is -0.396 e. The number of aliphatic hydroxyl groups excluding tert-OH is 1. The van der Waals surface area contributed by atoms with Crippen LogP contribution in [0.3, 0.4) is 0 Å². The Morgan fingerprint density at radius 2 is 1.97 bits per heavy atom. The lowest BCUT2D eigenvalue weighted by molar-refractivity contribution is -0.138. The number of halogens is 3. The summed E-state index contributed by atoms with van der Waals surface area (Å²) in [5.41, 5.74) is 0.707. The van der Waals surface area contributed by atoms with Crippen LogP contribution in [-0.4, -0.2) is 32.4 Å². The molecule has 0 spiro atoms. The Balaban J connectivity index is 1.55. The molecule has 1 aromatic heterocycles. The second-order valence-corrected chi connectivity index (χ2v) is 9.08. The molecule has 1 N–H and O–H groups in total. The first kappa shape index (κ1) is 21.6. The first-order valence-electron chi connectivity index (χ1n) is 10.7. The number of hydrogen-bond acceptors (Lipinski definition) is 4. The van der Waals surface area contributed by atoms with Gasteiger partial charge in [0.15, 0.2) is 0 Å². The summed E-state index contributed by atoms with van der Waals surface area (Å²) in [6, 6.07) is 9.95. The predicted octanol–water partition coefficient (Wildman–Crippen LogP) is 3.99. The van der Waals surface area contributed by atoms with Gasteiger partial charge in [-0.15, -0.1) is 10.2 Å². The van der Waals surface area contributed by atoms with E-state index in [1.807, 2.05) is 23.7 Å². The zero-order valence-electron chi connectivity index (χ0n) is 18.2. The van der Waals surface area contributed by atoms with Crippen LogP contribution in [0.15, 0.2) is 42.7 Å². The van der Waals surface area contributed by atoms with Gasteiger partial charge in [0, 0.05) is 24.9 Å². The van der Waals surface area contributed by atoms with Crippen LogP contribution in [0.1, 0.15) is 51.3 Å². The van der Waals surface area contributed by atoms with E-state index in [0.29, 0.717) is 24.1 Å². The second-order valence-electron chi connectivity index (χ2n) is 9.08. The standard InChI is InChI=1S/C24H23F3N4O2/c1-14-6-18-19(20(7-14)24(25,26)27)11-31(21(18)33)17-5-3-4-16(8-17)23(9-15(10-23)12-32)22-29-28-13-30(22)2/h3-8,13,15,32H,9-12H2,1-2H3. The summed E-state index contributed by atoms with van der Waals surface area (Å²) in [6.45, 7) is 1.49. The molecule has 0 radical (unpaired) electrons. The maximum Gasteiger partial charge on any atom is 0.416 e. The van der Waals surface area contributed by atoms with E-state index in [1.54, 1.807) is 25.4 Å². The number of benzene rings is 2. The van der Waals surface area contributed by atoms with Crippen molar-refractivity contribution in [3.63, 3.8) is 0 Å². The predicted molar refractivity (Wildman–Crippen MR) is 115 cm³/mol. The lowest BCUT2D eigenvalue weighted by Crippen LogP contribution is -2.45. The molecule has 1 fully saturated rings. The molecule has 1 aliphatic heterocycles. The fourth-order valence-electron chi connectivity index (χ4n) is 5.30. The van der Waals surface area contributed by atoms with E-state index in [-0.39, 0.29) is 30.2 Å². The Kier molecular flexibility index (Phi) is 4.86. The first-order valence-corrected chi connectivity index (χ1v) is 10.7. The number of alkyl halides is 3. The summed E-state index contributed by atoms with van der Waals surface area (Å²) in [6.07, 6.45) is -1.57. The fourth-order valence-corrected chi connectivity index (χ4v) is 5.30. The van der Waals surface area contributed by atoms with Gasteiger partial charge in [-0.1, -0.05) is 12.1 Å². The Labute approximate surface area is 188 Å². The molecular weight excluding hydrogens is 433 g/mol. The molecule has 33 heavy (non-hydrogen) atoms. The zero-order valence-corrected chi connectivity index (χ0v) is 18.2. The van der Waals surface area contributed by atoms with Gasteiger partial charge in [-0.25, -0.2) is 0 Å². The molecule has 1 amide bonds. The van der Waals surface area contributed by atoms with E-state index in [1.165, 1.54) is 11.0 Å². The van der Waals surface area contributed by atoms with E-state index >= 15 is 0 Å². The summed E-state index contributed by atoms with van der Waals surface area (Å²) in [5, 5.41) is 17.9. The number of nitrogens with zero attached hydrogens (tertiary/aromatic N) is 4. The van der Waals surface area contributed by atoms with Gasteiger partial charge in [-0.3, -0.25) is 4.79 Å². The first-order chi connectivity index (χ1) is 15.6. The minimum atomic E-state index is -4.53. The third-order valence-corrected chi connectivity index (χ3v) is 6.87. The van der Waals surface area contributed by atoms with Gasteiger partial charge >= 0.3 is 6.18 Å². The van der Waals surface area contributed by atoms with Crippen LogP contribution in [-0.2, 0) is 25.2 Å². The molecule has 0 bridgehead atoms. The summed E-state index contributed by atoms with van der Waals surface area (Å²) in [7, 11) is 1.86. The third kappa shape index (κ3) is 3.33. The molecule has 5 rings (SSSR count). The molecule has 0 atom stereocenters. The summed E-state index contributed by atoms with van der Waals surface area (Å²) in [5.74, 6) is 0.446. The molecule has 2 aromatic carbocycles. The van der Waals surface area contributed by atoms with Crippen molar-refractivity contribution >= 4 is 11.6 Å². The van der Waals surface area contributed by atoms with Gasteiger partial charge < -0.3 is 14.6 Å². The number of aryl methyl sites for hydroxylation is 2. The smallest absolute Gasteiger partial charge is 0.396 e. The monoisotopic (exact) mass is 456 g/mol. The maximum atomic E-state index is 13.7. The normalized spacial score (nSPS) is 22.4. The quantitative estimate of drug-likeness (QED) is 0.645. The SMILES string of the molecule is Cc1cc2c(c(C(F)(F)F)c1)CN(c1cccc(C3(c4nncn4C)CC(CO)C3)c1)C2=O. The lowest BCUT2D eigenvalue weighted by atomic mass is 9.58. The Morgan fingerprint density at radius 3 is 2.61 bits per heavy atom. The average Bonchev–Trinajstić information content (AvgIpc) is 3.31. The molecule has 2 aliphatic rings. The van der Waals surface area contributed by atoms with Gasteiger partial charge in [-0.2, -0.15) is 13.2 Å². The number of carbonyl (C=O) groups excluding carboxylic acids is 1. The van der Waals surface area contributed by atoms with E-state index in [4.69, 9.17) is 0 Å². The van der Waals surface area contributed by atoms with Crippen LogP contribution in [0.4, 0.5) is 18.9 Å². The highest BCUT2D eigenvalue weighted by molar-refractivity contribution is 6.10. The van der Waals surface area contributed by atoms with Gasteiger partial charge in [0.2, 0.25) is 0 Å². The van der Waals surface area contributed by atoms with Crippen LogP contribution in [0, 0.1) is 12.8 Å². The number of fused-ring (bicyclic) bond motifs is 1. The Morgan fingerprint density at radius 1 is 1.21 bits per heavy atom. The number of anilines is 1. The van der Waals surface area contributed by atoms with Crippen molar-refractivity contribution in [3.8, 4) is 0 Å². The molecular formula is C24H23F3N4O2. The maximum absolute atomic E-state index is 13.7. The number of carbonyl (C=O) groups is 1. The summed E-state index contributed by atoms with van der Waals surface area (Å²) >= 11 is 0. The van der Waals surface area contributed by atoms with Gasteiger partial charge in [0.05, 0.1) is 17.5 Å². The molecule has 3 aromatic rings. The van der Waals surface area contributed by atoms with Crippen molar-refractivity contribution in [2.75, 3.05) is 11.5 Å². The number of aliphatic hydroxyl groups is 1. The van der Waals surface area contributed by atoms with Crippen molar-refractivity contribution in [2.24, 2.45) is 13.0 Å². The van der Waals surface area contributed by atoms with Crippen LogP contribution in [0.25, 0.3) is 0 Å². The topological polar surface area (TPSA) is 71.2 Å². The highest BCUT2D eigenvalue weighted by Gasteiger charge is 2.50. The summed E-state index contributed by atoms with van der Waals surface area (Å²) < 4.78 is 42.8. The molecule has 6 nitrogen and oxygen atoms in total. The Hall–Kier alpha value is -3.20. The van der Waals surface area contributed by atoms with E-state index in [9.17, 15) is 23.1 Å². The number of aromatic nitrogens is 3. The number of amides is 1. The van der Waals surface area contributed by atoms with Crippen LogP contribution in [0.2, 0.25) is 0 Å². The number of hydrogen-bond donors (Lipinski definition) is 1. The molecule has 9 heteroatoms. The average molecular weight is 456 g/mol. The van der Waals surface area contributed by atoms with Crippen LogP contribution < -0.4 is 4.90 Å². The highest BCUT2D eigenvalue weighted by atomic mass is 19.4. The van der Waals surface area contributed by atoms with Crippen LogP contribution >= 0.6 is 0 Å². The van der Waals surface area contributed by atoms with Crippen molar-refractivity contribution in [1.82, 2.24) is 14.8 Å². The molecule has 0 unspecified atom stereocenters. The zero-order chi connectivity index (χ0) is 23.5. The van der Waals surface area contributed by atoms with Crippen molar-refractivity contribution in [2.45, 2.75) is 37.9 Å². The van der Waals surface area contributed by atoms with E-state index < -0.39 is 23.1 Å². The minimum absolute atomic E-state index is 0.00973. The fraction of sp³-hybridized carbons (Fsp3) is 0.375. The van der Waals surface area contributed by atoms with Gasteiger partial charge in [0.25, 0.3) is 5.91 Å². The van der Waals surface area contributed by atoms with Crippen molar-refractivity contribution in [3.05, 3.63) is 76.4 Å². The van der Waals surface area contributed by atoms with Gasteiger partial charge in [0.1, 0.15) is 12.2 Å². The summed E-state index contributed by atoms with van der Waals surface area (Å²) in [4.78, 5) is 14.6. The number of rotatable bonds is 4. The third-order valence-electron chi connectivity index (χ3n) is 6.87. The lowest BCUT2D eigenvalue weighted by Gasteiger charge is -2.46. The van der Waals surface area contributed by atoms with Crippen molar-refractivity contribution < 1.29 is 23.1 Å². The van der Waals surface area contributed by atoms with E-state index in [0.717, 1.165) is 17.5 Å². The molecule has 0 saturated heterocycles. The highest BCUT2D eigenvalue weighted by Crippen LogP contribution is 2.52. The largest absolute Gasteiger partial charge is 0.416 e. The molecule has 172 valence electrons. The molecule has 1 aliphatic carbocycles. The van der Waals surface area contributed by atoms with Gasteiger partial charge in [-0.05, 0) is 66.6 Å². The van der Waals surface area contributed by atoms with Crippen molar-refractivity contribution in [1.29, 1.82) is 0 Å². The van der Waals surface area contributed by atoms with E-state index in [2.05, 4.69) is 10.2 Å². The Bertz CT molecular complexity index is 1240. The second kappa shape index (κ2) is 7.41. The van der Waals surface area contributed by atoms with Crippen LogP contribution in [0.5, 0.6) is 0 Å².